The van der Waals surface area contributed by atoms with Gasteiger partial charge in [-0.1, -0.05) is 54.6 Å². The van der Waals surface area contributed by atoms with E-state index in [1.807, 2.05) is 61.5 Å². The molecule has 6 heteroatoms. The van der Waals surface area contributed by atoms with Crippen LogP contribution in [0, 0.1) is 18.7 Å². The number of para-hydroxylation sites is 2. The maximum absolute atomic E-state index is 14.4. The number of carbonyl (C=O) groups excluding carboxylic acids is 2. The van der Waals surface area contributed by atoms with Crippen LogP contribution in [0.2, 0.25) is 0 Å². The van der Waals surface area contributed by atoms with Gasteiger partial charge >= 0.3 is 0 Å². The largest absolute Gasteiger partial charge is 0.273 e. The fourth-order valence-electron chi connectivity index (χ4n) is 4.32. The number of aryl methyl sites for hydroxylation is 1. The average Bonchev–Trinajstić information content (AvgIpc) is 3.26. The van der Waals surface area contributed by atoms with E-state index in [0.29, 0.717) is 0 Å². The van der Waals surface area contributed by atoms with Crippen LogP contribution < -0.4 is 9.96 Å². The first-order valence-corrected chi connectivity index (χ1v) is 9.77. The van der Waals surface area contributed by atoms with Crippen LogP contribution in [0.4, 0.5) is 15.8 Å². The van der Waals surface area contributed by atoms with Crippen molar-refractivity contribution >= 4 is 23.2 Å². The van der Waals surface area contributed by atoms with Crippen LogP contribution in [0.3, 0.4) is 0 Å². The van der Waals surface area contributed by atoms with Crippen LogP contribution in [0.5, 0.6) is 0 Å². The Morgan fingerprint density at radius 3 is 2.23 bits per heavy atom. The molecule has 150 valence electrons. The molecule has 2 aliphatic heterocycles. The lowest BCUT2D eigenvalue weighted by Crippen LogP contribution is -2.38. The molecule has 3 aromatic carbocycles. The molecule has 0 bridgehead atoms. The normalized spacial score (nSPS) is 23.2. The highest BCUT2D eigenvalue weighted by atomic mass is 19.1. The van der Waals surface area contributed by atoms with E-state index in [1.54, 1.807) is 11.1 Å². The number of fused-ring (bicyclic) bond motifs is 1. The molecule has 0 radical (unpaired) electrons. The number of hydrogen-bond acceptors (Lipinski definition) is 4. The van der Waals surface area contributed by atoms with Crippen LogP contribution in [0.25, 0.3) is 0 Å². The summed E-state index contributed by atoms with van der Waals surface area (Å²) in [5.74, 6) is -2.40. The van der Waals surface area contributed by atoms with Crippen molar-refractivity contribution in [3.8, 4) is 0 Å². The molecule has 3 aromatic rings. The Hall–Kier alpha value is -3.51. The second kappa shape index (κ2) is 7.07. The van der Waals surface area contributed by atoms with E-state index in [4.69, 9.17) is 4.84 Å². The third-order valence-electron chi connectivity index (χ3n) is 5.73. The van der Waals surface area contributed by atoms with Crippen LogP contribution in [0.1, 0.15) is 17.2 Å². The highest BCUT2D eigenvalue weighted by Gasteiger charge is 2.60. The first-order chi connectivity index (χ1) is 14.6. The standard InChI is InChI=1S/C24H19FN2O3/c1-15-9-5-6-12-17(15)21-20-22(30-27(21)16-10-3-2-4-11-16)24(29)26(23(20)28)19-14-8-7-13-18(19)25/h2-14,20-22H,1H3/t20-,21+,22+/m0/s1. The molecule has 0 aromatic heterocycles. The summed E-state index contributed by atoms with van der Waals surface area (Å²) >= 11 is 0. The molecule has 3 atom stereocenters. The summed E-state index contributed by atoms with van der Waals surface area (Å²) in [6.45, 7) is 1.96. The summed E-state index contributed by atoms with van der Waals surface area (Å²) in [5.41, 5.74) is 2.58. The zero-order chi connectivity index (χ0) is 20.8. The van der Waals surface area contributed by atoms with Gasteiger partial charge in [-0.3, -0.25) is 14.4 Å². The lowest BCUT2D eigenvalue weighted by Gasteiger charge is -2.29. The second-order valence-corrected chi connectivity index (χ2v) is 7.48. The van der Waals surface area contributed by atoms with E-state index in [0.717, 1.165) is 21.7 Å². The Morgan fingerprint density at radius 2 is 1.50 bits per heavy atom. The summed E-state index contributed by atoms with van der Waals surface area (Å²) < 4.78 is 14.4. The van der Waals surface area contributed by atoms with Crippen molar-refractivity contribution in [1.29, 1.82) is 0 Å². The SMILES string of the molecule is Cc1ccccc1[C@@H]1[C@@H]2C(=O)N(c3ccccc3F)C(=O)[C@@H]2ON1c1ccccc1. The van der Waals surface area contributed by atoms with Crippen molar-refractivity contribution < 1.29 is 18.8 Å². The highest BCUT2D eigenvalue weighted by Crippen LogP contribution is 2.48. The van der Waals surface area contributed by atoms with Gasteiger partial charge in [0, 0.05) is 0 Å². The number of hydrogen-bond donors (Lipinski definition) is 0. The number of hydroxylamine groups is 1. The minimum Gasteiger partial charge on any atom is -0.273 e. The van der Waals surface area contributed by atoms with Gasteiger partial charge in [0.1, 0.15) is 11.7 Å². The Bertz CT molecular complexity index is 1130. The van der Waals surface area contributed by atoms with Crippen molar-refractivity contribution in [2.75, 3.05) is 9.96 Å². The summed E-state index contributed by atoms with van der Waals surface area (Å²) in [6, 6.07) is 22.4. The molecule has 5 nitrogen and oxygen atoms in total. The molecule has 0 N–H and O–H groups in total. The first-order valence-electron chi connectivity index (χ1n) is 9.77. The van der Waals surface area contributed by atoms with E-state index in [2.05, 4.69) is 0 Å². The Balaban J connectivity index is 1.62. The molecule has 0 unspecified atom stereocenters. The monoisotopic (exact) mass is 402 g/mol. The molecular formula is C24H19FN2O3. The van der Waals surface area contributed by atoms with Crippen molar-refractivity contribution in [3.05, 3.63) is 95.8 Å². The van der Waals surface area contributed by atoms with Gasteiger partial charge in [-0.2, -0.15) is 0 Å². The number of nitrogens with zero attached hydrogens (tertiary/aromatic N) is 2. The van der Waals surface area contributed by atoms with Crippen molar-refractivity contribution in [3.63, 3.8) is 0 Å². The van der Waals surface area contributed by atoms with Gasteiger partial charge in [-0.15, -0.1) is 0 Å². The third-order valence-corrected chi connectivity index (χ3v) is 5.73. The fourth-order valence-corrected chi connectivity index (χ4v) is 4.32. The molecule has 0 aliphatic carbocycles. The maximum atomic E-state index is 14.4. The first kappa shape index (κ1) is 18.5. The minimum absolute atomic E-state index is 0.0414. The Kier molecular flexibility index (Phi) is 4.37. The predicted octanol–water partition coefficient (Wildman–Crippen LogP) is 4.19. The van der Waals surface area contributed by atoms with Crippen LogP contribution in [-0.2, 0) is 14.4 Å². The van der Waals surface area contributed by atoms with Gasteiger partial charge in [0.25, 0.3) is 5.91 Å². The number of benzene rings is 3. The molecule has 2 heterocycles. The smallest absolute Gasteiger partial charge is 0.266 e. The maximum Gasteiger partial charge on any atom is 0.266 e. The molecule has 2 saturated heterocycles. The molecule has 5 rings (SSSR count). The van der Waals surface area contributed by atoms with Crippen LogP contribution in [-0.4, -0.2) is 17.9 Å². The van der Waals surface area contributed by atoms with E-state index in [9.17, 15) is 14.0 Å². The predicted molar refractivity (Wildman–Crippen MR) is 110 cm³/mol. The topological polar surface area (TPSA) is 49.9 Å². The molecule has 30 heavy (non-hydrogen) atoms. The van der Waals surface area contributed by atoms with E-state index < -0.39 is 35.7 Å². The van der Waals surface area contributed by atoms with Gasteiger partial charge in [-0.05, 0) is 42.3 Å². The second-order valence-electron chi connectivity index (χ2n) is 7.48. The minimum atomic E-state index is -1.01. The fraction of sp³-hybridized carbons (Fsp3) is 0.167. The van der Waals surface area contributed by atoms with E-state index in [-0.39, 0.29) is 5.69 Å². The van der Waals surface area contributed by atoms with Crippen LogP contribution in [0.15, 0.2) is 78.9 Å². The Morgan fingerprint density at radius 1 is 0.833 bits per heavy atom. The molecule has 2 aliphatic rings. The Labute approximate surface area is 173 Å². The molecule has 2 fully saturated rings. The van der Waals surface area contributed by atoms with Gasteiger partial charge in [-0.25, -0.2) is 14.4 Å². The average molecular weight is 402 g/mol. The molecular weight excluding hydrogens is 383 g/mol. The quantitative estimate of drug-likeness (QED) is 0.617. The third kappa shape index (κ3) is 2.72. The van der Waals surface area contributed by atoms with Gasteiger partial charge in [0.05, 0.1) is 17.4 Å². The number of carbonyl (C=O) groups is 2. The summed E-state index contributed by atoms with van der Waals surface area (Å²) in [5, 5.41) is 1.64. The van der Waals surface area contributed by atoms with Gasteiger partial charge < -0.3 is 0 Å². The summed E-state index contributed by atoms with van der Waals surface area (Å²) in [6.07, 6.45) is -1.01. The van der Waals surface area contributed by atoms with Crippen molar-refractivity contribution in [1.82, 2.24) is 0 Å². The molecule has 2 amide bonds. The van der Waals surface area contributed by atoms with E-state index in [1.165, 1.54) is 18.2 Å². The zero-order valence-corrected chi connectivity index (χ0v) is 16.2. The van der Waals surface area contributed by atoms with Crippen molar-refractivity contribution in [2.45, 2.75) is 19.1 Å². The molecule has 0 saturated carbocycles. The highest BCUT2D eigenvalue weighted by molar-refractivity contribution is 6.24. The number of rotatable bonds is 3. The van der Waals surface area contributed by atoms with Gasteiger partial charge in [0.15, 0.2) is 6.10 Å². The zero-order valence-electron chi connectivity index (χ0n) is 16.2. The lowest BCUT2D eigenvalue weighted by atomic mass is 9.88. The van der Waals surface area contributed by atoms with Crippen molar-refractivity contribution in [2.24, 2.45) is 5.92 Å². The number of imide groups is 1. The van der Waals surface area contributed by atoms with Gasteiger partial charge in [0.2, 0.25) is 5.91 Å². The number of amides is 2. The number of anilines is 2. The molecule has 0 spiro atoms. The number of halogens is 1. The summed E-state index contributed by atoms with van der Waals surface area (Å²) in [7, 11) is 0. The van der Waals surface area contributed by atoms with E-state index >= 15 is 0 Å². The van der Waals surface area contributed by atoms with Crippen LogP contribution >= 0.6 is 0 Å². The summed E-state index contributed by atoms with van der Waals surface area (Å²) in [4.78, 5) is 33.6. The lowest BCUT2D eigenvalue weighted by molar-refractivity contribution is -0.126.